The summed E-state index contributed by atoms with van der Waals surface area (Å²) in [5.74, 6) is -0.792. The minimum Gasteiger partial charge on any atom is -0.390 e. The summed E-state index contributed by atoms with van der Waals surface area (Å²) in [6.45, 7) is 3.50. The molecule has 1 aliphatic carbocycles. The summed E-state index contributed by atoms with van der Waals surface area (Å²) in [6.07, 6.45) is 11.8. The molecule has 6 nitrogen and oxygen atoms in total. The average Bonchev–Trinajstić information content (AvgIpc) is 3.44. The molecule has 1 aromatic carbocycles. The van der Waals surface area contributed by atoms with Crippen LogP contribution in [-0.4, -0.2) is 31.4 Å². The summed E-state index contributed by atoms with van der Waals surface area (Å²) in [6, 6.07) is 7.70. The van der Waals surface area contributed by atoms with Gasteiger partial charge in [0.2, 0.25) is 5.91 Å². The summed E-state index contributed by atoms with van der Waals surface area (Å²) in [5, 5.41) is 17.0. The molecule has 0 atom stereocenters. The first kappa shape index (κ1) is 20.9. The van der Waals surface area contributed by atoms with Gasteiger partial charge in [-0.15, -0.1) is 0 Å². The third kappa shape index (κ3) is 5.44. The maximum absolute atomic E-state index is 14.5. The van der Waals surface area contributed by atoms with Gasteiger partial charge in [0.05, 0.1) is 24.0 Å². The second-order valence-electron chi connectivity index (χ2n) is 8.53. The molecule has 1 amide bonds. The number of benzene rings is 1. The van der Waals surface area contributed by atoms with E-state index in [1.807, 2.05) is 23.0 Å². The molecule has 0 unspecified atom stereocenters. The van der Waals surface area contributed by atoms with Crippen LogP contribution in [0.1, 0.15) is 43.9 Å². The van der Waals surface area contributed by atoms with Gasteiger partial charge in [0.25, 0.3) is 0 Å². The van der Waals surface area contributed by atoms with Gasteiger partial charge in [0.15, 0.2) is 0 Å². The lowest BCUT2D eigenvalue weighted by Crippen LogP contribution is -2.21. The van der Waals surface area contributed by atoms with Crippen molar-refractivity contribution < 1.29 is 14.3 Å². The van der Waals surface area contributed by atoms with Gasteiger partial charge in [-0.25, -0.2) is 4.39 Å². The molecule has 0 radical (unpaired) electrons. The number of aliphatic hydroxyl groups is 1. The molecule has 7 heteroatoms. The lowest BCUT2D eigenvalue weighted by molar-refractivity contribution is -0.111. The zero-order valence-electron chi connectivity index (χ0n) is 17.5. The van der Waals surface area contributed by atoms with Crippen molar-refractivity contribution in [2.24, 2.45) is 0 Å². The van der Waals surface area contributed by atoms with Crippen molar-refractivity contribution in [2.45, 2.75) is 44.8 Å². The van der Waals surface area contributed by atoms with Crippen LogP contribution in [0.25, 0.3) is 17.2 Å². The van der Waals surface area contributed by atoms with E-state index >= 15 is 0 Å². The highest BCUT2D eigenvalue weighted by molar-refractivity contribution is 6.02. The Labute approximate surface area is 180 Å². The topological polar surface area (TPSA) is 80.0 Å². The van der Waals surface area contributed by atoms with E-state index < -0.39 is 11.4 Å². The molecule has 3 aromatic rings. The molecule has 31 heavy (non-hydrogen) atoms. The van der Waals surface area contributed by atoms with E-state index in [-0.39, 0.29) is 5.91 Å². The van der Waals surface area contributed by atoms with Crippen LogP contribution < -0.4 is 5.32 Å². The number of anilines is 1. The first-order valence-electron chi connectivity index (χ1n) is 10.3. The molecule has 1 fully saturated rings. The predicted molar refractivity (Wildman–Crippen MR) is 118 cm³/mol. The molecular formula is C24H25FN4O2. The number of halogens is 1. The predicted octanol–water partition coefficient (Wildman–Crippen LogP) is 4.38. The van der Waals surface area contributed by atoms with Crippen LogP contribution in [0.2, 0.25) is 0 Å². The maximum Gasteiger partial charge on any atom is 0.248 e. The quantitative estimate of drug-likeness (QED) is 0.556. The van der Waals surface area contributed by atoms with E-state index in [1.54, 1.807) is 38.3 Å². The summed E-state index contributed by atoms with van der Waals surface area (Å²) >= 11 is 0. The van der Waals surface area contributed by atoms with Crippen molar-refractivity contribution in [3.8, 4) is 11.1 Å². The van der Waals surface area contributed by atoms with Crippen molar-refractivity contribution >= 4 is 17.7 Å². The number of nitrogens with zero attached hydrogens (tertiary/aromatic N) is 3. The number of amides is 1. The van der Waals surface area contributed by atoms with E-state index in [2.05, 4.69) is 15.4 Å². The Morgan fingerprint density at radius 2 is 2.00 bits per heavy atom. The standard InChI is InChI=1S/C24H25FN4O2/c1-24(2,31)11-16-3-6-19(7-4-16)28-22(30)10-5-17-12-26-14-21(25)23(17)18-13-27-29(15-18)20-8-9-20/h3-7,10,12-15,20,31H,8-9,11H2,1-2H3,(H,28,30). The Morgan fingerprint density at radius 1 is 1.26 bits per heavy atom. The van der Waals surface area contributed by atoms with E-state index in [0.717, 1.165) is 24.6 Å². The third-order valence-electron chi connectivity index (χ3n) is 5.01. The van der Waals surface area contributed by atoms with Gasteiger partial charge < -0.3 is 10.4 Å². The van der Waals surface area contributed by atoms with E-state index in [0.29, 0.717) is 34.8 Å². The molecule has 1 saturated carbocycles. The summed E-state index contributed by atoms with van der Waals surface area (Å²) in [5.41, 5.74) is 2.36. The molecule has 0 saturated heterocycles. The monoisotopic (exact) mass is 420 g/mol. The molecule has 160 valence electrons. The number of hydrogen-bond donors (Lipinski definition) is 2. The van der Waals surface area contributed by atoms with Crippen molar-refractivity contribution in [2.75, 3.05) is 5.32 Å². The Hall–Kier alpha value is -3.32. The fourth-order valence-corrected chi connectivity index (χ4v) is 3.44. The first-order valence-corrected chi connectivity index (χ1v) is 10.3. The SMILES string of the molecule is CC(C)(O)Cc1ccc(NC(=O)C=Cc2cncc(F)c2-c2cnn(C3CC3)c2)cc1. The van der Waals surface area contributed by atoms with Crippen LogP contribution in [0, 0.1) is 5.82 Å². The van der Waals surface area contributed by atoms with Crippen LogP contribution in [0.3, 0.4) is 0 Å². The van der Waals surface area contributed by atoms with Crippen molar-refractivity contribution in [1.82, 2.24) is 14.8 Å². The number of carbonyl (C=O) groups excluding carboxylic acids is 1. The second kappa shape index (κ2) is 8.43. The van der Waals surface area contributed by atoms with E-state index in [4.69, 9.17) is 0 Å². The van der Waals surface area contributed by atoms with Crippen LogP contribution in [-0.2, 0) is 11.2 Å². The second-order valence-corrected chi connectivity index (χ2v) is 8.53. The molecule has 0 bridgehead atoms. The highest BCUT2D eigenvalue weighted by atomic mass is 19.1. The van der Waals surface area contributed by atoms with Gasteiger partial charge in [-0.1, -0.05) is 12.1 Å². The largest absolute Gasteiger partial charge is 0.390 e. The lowest BCUT2D eigenvalue weighted by Gasteiger charge is -2.17. The Kier molecular flexibility index (Phi) is 5.69. The number of nitrogens with one attached hydrogen (secondary N) is 1. The van der Waals surface area contributed by atoms with Gasteiger partial charge in [-0.05, 0) is 50.5 Å². The normalized spacial score (nSPS) is 14.2. The van der Waals surface area contributed by atoms with Crippen LogP contribution in [0.5, 0.6) is 0 Å². The van der Waals surface area contributed by atoms with Gasteiger partial charge in [0, 0.05) is 47.3 Å². The lowest BCUT2D eigenvalue weighted by atomic mass is 9.99. The minimum atomic E-state index is -0.792. The van der Waals surface area contributed by atoms with Gasteiger partial charge in [-0.2, -0.15) is 5.10 Å². The molecule has 2 heterocycles. The molecule has 0 spiro atoms. The fraction of sp³-hybridized carbons (Fsp3) is 0.292. The van der Waals surface area contributed by atoms with Crippen LogP contribution >= 0.6 is 0 Å². The summed E-state index contributed by atoms with van der Waals surface area (Å²) in [7, 11) is 0. The van der Waals surface area contributed by atoms with Gasteiger partial charge >= 0.3 is 0 Å². The fourth-order valence-electron chi connectivity index (χ4n) is 3.44. The summed E-state index contributed by atoms with van der Waals surface area (Å²) in [4.78, 5) is 16.3. The Balaban J connectivity index is 1.47. The maximum atomic E-state index is 14.5. The van der Waals surface area contributed by atoms with E-state index in [1.165, 1.54) is 12.3 Å². The third-order valence-corrected chi connectivity index (χ3v) is 5.01. The molecule has 2 N–H and O–H groups in total. The summed E-state index contributed by atoms with van der Waals surface area (Å²) < 4.78 is 16.4. The minimum absolute atomic E-state index is 0.334. The van der Waals surface area contributed by atoms with Crippen molar-refractivity contribution in [1.29, 1.82) is 0 Å². The molecule has 1 aliphatic rings. The highest BCUT2D eigenvalue weighted by Gasteiger charge is 2.25. The Morgan fingerprint density at radius 3 is 2.68 bits per heavy atom. The molecule has 0 aliphatic heterocycles. The van der Waals surface area contributed by atoms with Crippen molar-refractivity contribution in [3.05, 3.63) is 72.1 Å². The van der Waals surface area contributed by atoms with Crippen LogP contribution in [0.4, 0.5) is 10.1 Å². The zero-order chi connectivity index (χ0) is 22.0. The van der Waals surface area contributed by atoms with Gasteiger partial charge in [0.1, 0.15) is 5.82 Å². The smallest absolute Gasteiger partial charge is 0.248 e. The first-order chi connectivity index (χ1) is 14.8. The number of pyridine rings is 1. The zero-order valence-corrected chi connectivity index (χ0v) is 17.5. The van der Waals surface area contributed by atoms with E-state index in [9.17, 15) is 14.3 Å². The van der Waals surface area contributed by atoms with Gasteiger partial charge in [-0.3, -0.25) is 14.5 Å². The molecule has 2 aromatic heterocycles. The molecular weight excluding hydrogens is 395 g/mol. The number of hydrogen-bond acceptors (Lipinski definition) is 4. The number of carbonyl (C=O) groups is 1. The number of rotatable bonds is 7. The van der Waals surface area contributed by atoms with Crippen molar-refractivity contribution in [3.63, 3.8) is 0 Å². The Bertz CT molecular complexity index is 1110. The molecule has 4 rings (SSSR count). The average molecular weight is 420 g/mol. The highest BCUT2D eigenvalue weighted by Crippen LogP contribution is 2.36. The van der Waals surface area contributed by atoms with Crippen LogP contribution in [0.15, 0.2) is 55.1 Å². The number of aromatic nitrogens is 3.